The number of hydrogen-bond acceptors (Lipinski definition) is 6. The second kappa shape index (κ2) is 8.12. The number of benzene rings is 2. The van der Waals surface area contributed by atoms with Gasteiger partial charge in [0.25, 0.3) is 0 Å². The number of aromatic nitrogens is 4. The summed E-state index contributed by atoms with van der Waals surface area (Å²) in [5.41, 5.74) is 2.22. The molecule has 5 unspecified atom stereocenters. The van der Waals surface area contributed by atoms with Gasteiger partial charge < -0.3 is 14.7 Å². The molecular weight excluding hydrogens is 505 g/mol. The van der Waals surface area contributed by atoms with Gasteiger partial charge in [0.1, 0.15) is 17.6 Å². The molecule has 0 radical (unpaired) electrons. The molecule has 6 rings (SSSR count). The molecule has 1 amide bonds. The molecular formula is C25H21Cl2N5O4. The third-order valence-corrected chi connectivity index (χ3v) is 7.94. The van der Waals surface area contributed by atoms with E-state index in [1.54, 1.807) is 33.9 Å². The second-order valence-electron chi connectivity index (χ2n) is 9.46. The normalized spacial score (nSPS) is 27.1. The number of carbonyl (C=O) groups excluding carboxylic acids is 1. The highest BCUT2D eigenvalue weighted by molar-refractivity contribution is 6.35. The van der Waals surface area contributed by atoms with E-state index in [9.17, 15) is 14.7 Å². The van der Waals surface area contributed by atoms with Gasteiger partial charge in [0.2, 0.25) is 5.91 Å². The predicted molar refractivity (Wildman–Crippen MR) is 130 cm³/mol. The number of halogens is 2. The number of carbonyl (C=O) groups is 2. The molecule has 3 aliphatic heterocycles. The van der Waals surface area contributed by atoms with Crippen molar-refractivity contribution < 1.29 is 19.4 Å². The Balaban J connectivity index is 1.53. The predicted octanol–water partition coefficient (Wildman–Crippen LogP) is 3.54. The topological polar surface area (TPSA) is 110 Å². The van der Waals surface area contributed by atoms with Crippen molar-refractivity contribution in [1.82, 2.24) is 25.1 Å². The smallest absolute Gasteiger partial charge is 0.310 e. The lowest BCUT2D eigenvalue weighted by Crippen LogP contribution is -2.39. The average molecular weight is 526 g/mol. The van der Waals surface area contributed by atoms with E-state index < -0.39 is 35.6 Å². The molecule has 184 valence electrons. The van der Waals surface area contributed by atoms with E-state index in [2.05, 4.69) is 15.5 Å². The van der Waals surface area contributed by atoms with E-state index in [0.29, 0.717) is 21.4 Å². The van der Waals surface area contributed by atoms with Gasteiger partial charge >= 0.3 is 5.97 Å². The van der Waals surface area contributed by atoms with E-state index in [1.165, 1.54) is 0 Å². The molecule has 0 aliphatic carbocycles. The van der Waals surface area contributed by atoms with Gasteiger partial charge in [0.15, 0.2) is 5.82 Å². The van der Waals surface area contributed by atoms with Crippen LogP contribution in [-0.2, 0) is 14.3 Å². The molecule has 0 saturated carbocycles. The third-order valence-electron chi connectivity index (χ3n) is 7.37. The summed E-state index contributed by atoms with van der Waals surface area (Å²) in [6.07, 6.45) is 2.92. The van der Waals surface area contributed by atoms with Crippen molar-refractivity contribution in [1.29, 1.82) is 0 Å². The van der Waals surface area contributed by atoms with Crippen LogP contribution in [0.5, 0.6) is 0 Å². The van der Waals surface area contributed by atoms with Gasteiger partial charge in [-0.15, -0.1) is 5.10 Å². The molecule has 3 aliphatic rings. The number of hydrogen-bond donors (Lipinski definition) is 1. The molecule has 3 aromatic rings. The highest BCUT2D eigenvalue weighted by Gasteiger charge is 2.68. The van der Waals surface area contributed by atoms with Crippen molar-refractivity contribution in [2.45, 2.75) is 31.6 Å². The van der Waals surface area contributed by atoms with Crippen LogP contribution in [0.2, 0.25) is 10.0 Å². The van der Waals surface area contributed by atoms with E-state index in [-0.39, 0.29) is 12.5 Å². The fraction of sp³-hybridized carbons (Fsp3) is 0.320. The fourth-order valence-electron chi connectivity index (χ4n) is 5.86. The van der Waals surface area contributed by atoms with E-state index in [4.69, 9.17) is 27.9 Å². The Morgan fingerprint density at radius 3 is 2.67 bits per heavy atom. The summed E-state index contributed by atoms with van der Waals surface area (Å²) in [7, 11) is 0. The lowest BCUT2D eigenvalue weighted by Gasteiger charge is -2.30. The van der Waals surface area contributed by atoms with Crippen molar-refractivity contribution in [3.8, 4) is 5.69 Å². The second-order valence-corrected chi connectivity index (χ2v) is 10.3. The SMILES string of the molecule is Cc1cccc(C)c1-n1nnnc1C(c1ccc(Cl)cc1Cl)N1CC23C=CC(O2)C(C(=O)O)C3C1=O. The first kappa shape index (κ1) is 23.1. The number of rotatable bonds is 5. The zero-order valence-electron chi connectivity index (χ0n) is 19.3. The number of likely N-dealkylation sites (tertiary alicyclic amines) is 1. The van der Waals surface area contributed by atoms with Gasteiger partial charge in [-0.25, -0.2) is 0 Å². The molecule has 1 spiro atoms. The lowest BCUT2D eigenvalue weighted by atomic mass is 9.77. The maximum Gasteiger partial charge on any atom is 0.310 e. The maximum atomic E-state index is 14.0. The van der Waals surface area contributed by atoms with Gasteiger partial charge in [-0.1, -0.05) is 59.6 Å². The van der Waals surface area contributed by atoms with Gasteiger partial charge in [-0.2, -0.15) is 4.68 Å². The molecule has 5 atom stereocenters. The number of ether oxygens (including phenoxy) is 1. The Labute approximate surface area is 216 Å². The minimum absolute atomic E-state index is 0.135. The molecule has 1 N–H and O–H groups in total. The molecule has 1 aromatic heterocycles. The van der Waals surface area contributed by atoms with Crippen molar-refractivity contribution in [2.75, 3.05) is 6.54 Å². The van der Waals surface area contributed by atoms with Gasteiger partial charge in [-0.05, 0) is 47.5 Å². The molecule has 11 heteroatoms. The van der Waals surface area contributed by atoms with Crippen LogP contribution in [0.25, 0.3) is 5.69 Å². The molecule has 4 heterocycles. The van der Waals surface area contributed by atoms with Crippen LogP contribution in [0.3, 0.4) is 0 Å². The highest BCUT2D eigenvalue weighted by atomic mass is 35.5. The summed E-state index contributed by atoms with van der Waals surface area (Å²) in [5.74, 6) is -2.87. The van der Waals surface area contributed by atoms with Crippen LogP contribution in [0, 0.1) is 25.7 Å². The summed E-state index contributed by atoms with van der Waals surface area (Å²) in [6.45, 7) is 4.05. The third kappa shape index (κ3) is 3.23. The number of carboxylic acids is 1. The zero-order valence-corrected chi connectivity index (χ0v) is 20.8. The Hall–Kier alpha value is -3.27. The average Bonchev–Trinajstić information content (AvgIpc) is 3.57. The Kier molecular flexibility index (Phi) is 5.22. The highest BCUT2D eigenvalue weighted by Crippen LogP contribution is 2.54. The molecule has 2 bridgehead atoms. The number of aryl methyl sites for hydroxylation is 2. The number of para-hydroxylation sites is 1. The van der Waals surface area contributed by atoms with Crippen LogP contribution in [-0.4, -0.2) is 60.3 Å². The number of carboxylic acid groups (broad SMARTS) is 1. The largest absolute Gasteiger partial charge is 0.481 e. The summed E-state index contributed by atoms with van der Waals surface area (Å²) >= 11 is 12.8. The van der Waals surface area contributed by atoms with Crippen molar-refractivity contribution in [2.24, 2.45) is 11.8 Å². The van der Waals surface area contributed by atoms with Crippen LogP contribution < -0.4 is 0 Å². The molecule has 2 aromatic carbocycles. The van der Waals surface area contributed by atoms with Gasteiger partial charge in [-0.3, -0.25) is 9.59 Å². The monoisotopic (exact) mass is 525 g/mol. The van der Waals surface area contributed by atoms with Gasteiger partial charge in [0, 0.05) is 15.6 Å². The number of tetrazole rings is 1. The quantitative estimate of drug-likeness (QED) is 0.507. The van der Waals surface area contributed by atoms with Crippen LogP contribution in [0.15, 0.2) is 48.6 Å². The Morgan fingerprint density at radius 2 is 1.97 bits per heavy atom. The molecule has 36 heavy (non-hydrogen) atoms. The fourth-order valence-corrected chi connectivity index (χ4v) is 6.37. The van der Waals surface area contributed by atoms with Crippen molar-refractivity contribution in [3.63, 3.8) is 0 Å². The number of amides is 1. The molecule has 2 fully saturated rings. The van der Waals surface area contributed by atoms with Crippen LogP contribution in [0.1, 0.15) is 28.6 Å². The molecule has 9 nitrogen and oxygen atoms in total. The summed E-state index contributed by atoms with van der Waals surface area (Å²) in [4.78, 5) is 27.6. The number of nitrogens with zero attached hydrogens (tertiary/aromatic N) is 5. The van der Waals surface area contributed by atoms with Crippen molar-refractivity contribution >= 4 is 35.1 Å². The summed E-state index contributed by atoms with van der Waals surface area (Å²) in [6, 6.07) is 10.1. The number of aliphatic carboxylic acids is 1. The Morgan fingerprint density at radius 1 is 1.22 bits per heavy atom. The summed E-state index contributed by atoms with van der Waals surface area (Å²) in [5, 5.41) is 23.2. The first-order valence-electron chi connectivity index (χ1n) is 11.4. The Bertz CT molecular complexity index is 1440. The summed E-state index contributed by atoms with van der Waals surface area (Å²) < 4.78 is 7.71. The maximum absolute atomic E-state index is 14.0. The first-order valence-corrected chi connectivity index (χ1v) is 12.2. The van der Waals surface area contributed by atoms with Gasteiger partial charge in [0.05, 0.1) is 24.3 Å². The van der Waals surface area contributed by atoms with E-state index >= 15 is 0 Å². The minimum Gasteiger partial charge on any atom is -0.481 e. The standard InChI is InChI=1S/C25H21Cl2N5O4/c1-12-4-3-5-13(2)20(12)32-22(28-29-30-32)21(15-7-6-14(26)10-16(15)27)31-11-25-9-8-17(36-25)18(24(34)35)19(25)23(31)33/h3-10,17-19,21H,11H2,1-2H3,(H,34,35). The first-order chi connectivity index (χ1) is 17.2. The van der Waals surface area contributed by atoms with E-state index in [1.807, 2.05) is 38.1 Å². The van der Waals surface area contributed by atoms with Crippen molar-refractivity contribution in [3.05, 3.63) is 81.1 Å². The van der Waals surface area contributed by atoms with E-state index in [0.717, 1.165) is 16.8 Å². The van der Waals surface area contributed by atoms with Crippen LogP contribution >= 0.6 is 23.2 Å². The van der Waals surface area contributed by atoms with Crippen LogP contribution in [0.4, 0.5) is 0 Å². The minimum atomic E-state index is -1.06. The number of fused-ring (bicyclic) bond motifs is 1. The lowest BCUT2D eigenvalue weighted by molar-refractivity contribution is -0.148. The zero-order chi connectivity index (χ0) is 25.4. The molecule has 2 saturated heterocycles.